The predicted octanol–water partition coefficient (Wildman–Crippen LogP) is 1.83. The second-order valence-electron chi connectivity index (χ2n) is 4.92. The summed E-state index contributed by atoms with van der Waals surface area (Å²) in [4.78, 5) is 2.54. The van der Waals surface area contributed by atoms with Gasteiger partial charge in [-0.25, -0.2) is 8.42 Å². The maximum Gasteiger partial charge on any atom is 0.178 e. The molecule has 1 N–H and O–H groups in total. The van der Waals surface area contributed by atoms with Crippen LogP contribution < -0.4 is 4.90 Å². The molecule has 1 aromatic carbocycles. The smallest absolute Gasteiger partial charge is 0.178 e. The number of aliphatic hydroxyl groups excluding tert-OH is 1. The topological polar surface area (TPSA) is 57.6 Å². The molecule has 1 aromatic rings. The number of aliphatic hydroxyl groups is 1. The number of hydrogen-bond donors (Lipinski definition) is 1. The molecule has 1 unspecified atom stereocenters. The van der Waals surface area contributed by atoms with E-state index in [-0.39, 0.29) is 18.4 Å². The Kier molecular flexibility index (Phi) is 4.47. The van der Waals surface area contributed by atoms with Gasteiger partial charge in [0.05, 0.1) is 23.3 Å². The molecule has 1 saturated heterocycles. The Morgan fingerprint density at radius 2 is 1.95 bits per heavy atom. The van der Waals surface area contributed by atoms with E-state index in [4.69, 9.17) is 0 Å². The van der Waals surface area contributed by atoms with Crippen molar-refractivity contribution >= 4 is 15.5 Å². The van der Waals surface area contributed by atoms with Gasteiger partial charge in [0, 0.05) is 12.2 Å². The molecule has 1 heterocycles. The Bertz CT molecular complexity index is 510. The van der Waals surface area contributed by atoms with Gasteiger partial charge < -0.3 is 10.0 Å². The van der Waals surface area contributed by atoms with Gasteiger partial charge in [-0.2, -0.15) is 0 Å². The zero-order valence-electron chi connectivity index (χ0n) is 11.2. The minimum atomic E-state index is -3.13. The standard InChI is InChI=1S/C14H21NO3S/c1-2-19(17,18)14-8-6-12(7-9-14)15-10-4-3-5-13(15)11-16/h6-9,13,16H,2-5,10-11H2,1H3. The van der Waals surface area contributed by atoms with Crippen LogP contribution in [0.1, 0.15) is 26.2 Å². The third kappa shape index (κ3) is 3.09. The quantitative estimate of drug-likeness (QED) is 0.916. The second-order valence-corrected chi connectivity index (χ2v) is 7.20. The number of piperidine rings is 1. The molecule has 1 fully saturated rings. The molecular formula is C14H21NO3S. The molecule has 0 radical (unpaired) electrons. The van der Waals surface area contributed by atoms with Crippen LogP contribution in [-0.2, 0) is 9.84 Å². The van der Waals surface area contributed by atoms with E-state index in [2.05, 4.69) is 4.90 Å². The van der Waals surface area contributed by atoms with Gasteiger partial charge in [-0.1, -0.05) is 6.92 Å². The van der Waals surface area contributed by atoms with E-state index in [1.807, 2.05) is 12.1 Å². The van der Waals surface area contributed by atoms with E-state index in [9.17, 15) is 13.5 Å². The number of nitrogens with zero attached hydrogens (tertiary/aromatic N) is 1. The van der Waals surface area contributed by atoms with Crippen LogP contribution >= 0.6 is 0 Å². The summed E-state index contributed by atoms with van der Waals surface area (Å²) in [7, 11) is -3.13. The van der Waals surface area contributed by atoms with Crippen molar-refractivity contribution in [1.82, 2.24) is 0 Å². The molecule has 0 amide bonds. The van der Waals surface area contributed by atoms with Crippen LogP contribution in [0.5, 0.6) is 0 Å². The first-order valence-corrected chi connectivity index (χ1v) is 8.44. The molecular weight excluding hydrogens is 262 g/mol. The van der Waals surface area contributed by atoms with E-state index in [1.54, 1.807) is 19.1 Å². The highest BCUT2D eigenvalue weighted by atomic mass is 32.2. The number of benzene rings is 1. The third-order valence-electron chi connectivity index (χ3n) is 3.75. The zero-order chi connectivity index (χ0) is 13.9. The summed E-state index contributed by atoms with van der Waals surface area (Å²) < 4.78 is 23.5. The summed E-state index contributed by atoms with van der Waals surface area (Å²) in [5.41, 5.74) is 0.994. The molecule has 4 nitrogen and oxygen atoms in total. The van der Waals surface area contributed by atoms with Crippen molar-refractivity contribution < 1.29 is 13.5 Å². The van der Waals surface area contributed by atoms with Crippen LogP contribution in [0, 0.1) is 0 Å². The van der Waals surface area contributed by atoms with Crippen molar-refractivity contribution in [2.24, 2.45) is 0 Å². The van der Waals surface area contributed by atoms with E-state index in [1.165, 1.54) is 0 Å². The fraction of sp³-hybridized carbons (Fsp3) is 0.571. The maximum atomic E-state index is 11.8. The van der Waals surface area contributed by atoms with Crippen LogP contribution in [0.4, 0.5) is 5.69 Å². The van der Waals surface area contributed by atoms with Gasteiger partial charge in [-0.15, -0.1) is 0 Å². The summed E-state index contributed by atoms with van der Waals surface area (Å²) in [5.74, 6) is 0.120. The van der Waals surface area contributed by atoms with Gasteiger partial charge in [0.25, 0.3) is 0 Å². The molecule has 0 bridgehead atoms. The third-order valence-corrected chi connectivity index (χ3v) is 5.50. The fourth-order valence-electron chi connectivity index (χ4n) is 2.54. The molecule has 2 rings (SSSR count). The Morgan fingerprint density at radius 3 is 2.53 bits per heavy atom. The highest BCUT2D eigenvalue weighted by molar-refractivity contribution is 7.91. The molecule has 1 aliphatic rings. The monoisotopic (exact) mass is 283 g/mol. The summed E-state index contributed by atoms with van der Waals surface area (Å²) in [6, 6.07) is 7.17. The largest absolute Gasteiger partial charge is 0.394 e. The minimum absolute atomic E-state index is 0.120. The molecule has 0 spiro atoms. The number of anilines is 1. The lowest BCUT2D eigenvalue weighted by Gasteiger charge is -2.36. The Balaban J connectivity index is 2.22. The van der Waals surface area contributed by atoms with Gasteiger partial charge in [0.1, 0.15) is 0 Å². The highest BCUT2D eigenvalue weighted by Gasteiger charge is 2.22. The van der Waals surface area contributed by atoms with E-state index in [0.29, 0.717) is 4.90 Å². The Labute approximate surface area is 115 Å². The van der Waals surface area contributed by atoms with Crippen LogP contribution in [0.25, 0.3) is 0 Å². The summed E-state index contributed by atoms with van der Waals surface area (Å²) in [6.07, 6.45) is 3.25. The Morgan fingerprint density at radius 1 is 1.26 bits per heavy atom. The average Bonchev–Trinajstić information content (AvgIpc) is 2.47. The van der Waals surface area contributed by atoms with E-state index in [0.717, 1.165) is 31.5 Å². The first-order chi connectivity index (χ1) is 9.08. The van der Waals surface area contributed by atoms with E-state index >= 15 is 0 Å². The molecule has 1 aliphatic heterocycles. The molecule has 1 atom stereocenters. The average molecular weight is 283 g/mol. The molecule has 106 valence electrons. The van der Waals surface area contributed by atoms with Crippen molar-refractivity contribution in [2.45, 2.75) is 37.1 Å². The van der Waals surface area contributed by atoms with Gasteiger partial charge >= 0.3 is 0 Å². The van der Waals surface area contributed by atoms with Crippen LogP contribution in [0.2, 0.25) is 0 Å². The molecule has 0 aliphatic carbocycles. The molecule has 0 aromatic heterocycles. The first kappa shape index (κ1) is 14.3. The summed E-state index contributed by atoms with van der Waals surface area (Å²) in [6.45, 7) is 2.72. The number of rotatable bonds is 4. The highest BCUT2D eigenvalue weighted by Crippen LogP contribution is 2.26. The fourth-order valence-corrected chi connectivity index (χ4v) is 3.43. The van der Waals surface area contributed by atoms with Gasteiger partial charge in [-0.3, -0.25) is 0 Å². The zero-order valence-corrected chi connectivity index (χ0v) is 12.1. The normalized spacial score (nSPS) is 20.5. The van der Waals surface area contributed by atoms with Crippen molar-refractivity contribution in [2.75, 3.05) is 23.8 Å². The molecule has 0 saturated carbocycles. The second kappa shape index (κ2) is 5.92. The van der Waals surface area contributed by atoms with Crippen LogP contribution in [0.3, 0.4) is 0 Å². The number of hydrogen-bond acceptors (Lipinski definition) is 4. The lowest BCUT2D eigenvalue weighted by molar-refractivity contribution is 0.240. The van der Waals surface area contributed by atoms with Crippen molar-refractivity contribution in [1.29, 1.82) is 0 Å². The van der Waals surface area contributed by atoms with Gasteiger partial charge in [0.2, 0.25) is 0 Å². The van der Waals surface area contributed by atoms with Crippen LogP contribution in [0.15, 0.2) is 29.2 Å². The minimum Gasteiger partial charge on any atom is -0.394 e. The van der Waals surface area contributed by atoms with Crippen molar-refractivity contribution in [3.8, 4) is 0 Å². The first-order valence-electron chi connectivity index (χ1n) is 6.79. The van der Waals surface area contributed by atoms with Crippen molar-refractivity contribution in [3.05, 3.63) is 24.3 Å². The predicted molar refractivity (Wildman–Crippen MR) is 76.2 cm³/mol. The molecule has 19 heavy (non-hydrogen) atoms. The maximum absolute atomic E-state index is 11.8. The summed E-state index contributed by atoms with van der Waals surface area (Å²) >= 11 is 0. The van der Waals surface area contributed by atoms with Gasteiger partial charge in [-0.05, 0) is 43.5 Å². The van der Waals surface area contributed by atoms with Crippen molar-refractivity contribution in [3.63, 3.8) is 0 Å². The number of sulfone groups is 1. The lowest BCUT2D eigenvalue weighted by atomic mass is 10.0. The SMILES string of the molecule is CCS(=O)(=O)c1ccc(N2CCCCC2CO)cc1. The molecule has 5 heteroatoms. The van der Waals surface area contributed by atoms with Gasteiger partial charge in [0.15, 0.2) is 9.84 Å². The van der Waals surface area contributed by atoms with E-state index < -0.39 is 9.84 Å². The Hall–Kier alpha value is -1.07. The van der Waals surface area contributed by atoms with Crippen LogP contribution in [-0.4, -0.2) is 38.5 Å². The lowest BCUT2D eigenvalue weighted by Crippen LogP contribution is -2.41. The summed E-state index contributed by atoms with van der Waals surface area (Å²) in [5, 5.41) is 9.41.